The molecule has 1 N–H and O–H groups in total. The van der Waals surface area contributed by atoms with E-state index >= 15 is 0 Å². The minimum atomic E-state index is -3.65. The number of carbonyl (C=O) groups is 1. The first-order valence-electron chi connectivity index (χ1n) is 9.16. The molecular weight excluding hydrogens is 395 g/mol. The molecule has 8 heteroatoms. The molecule has 29 heavy (non-hydrogen) atoms. The van der Waals surface area contributed by atoms with Crippen LogP contribution in [-0.2, 0) is 14.8 Å². The van der Waals surface area contributed by atoms with Crippen LogP contribution in [0.1, 0.15) is 25.0 Å². The molecule has 0 saturated heterocycles. The van der Waals surface area contributed by atoms with E-state index in [1.807, 2.05) is 0 Å². The molecule has 0 saturated carbocycles. The third-order valence-electron chi connectivity index (χ3n) is 4.38. The van der Waals surface area contributed by atoms with Gasteiger partial charge in [-0.05, 0) is 48.4 Å². The van der Waals surface area contributed by atoms with Gasteiger partial charge in [0.25, 0.3) is 0 Å². The van der Waals surface area contributed by atoms with Crippen molar-refractivity contribution in [3.05, 3.63) is 59.4 Å². The van der Waals surface area contributed by atoms with Gasteiger partial charge in [-0.25, -0.2) is 12.8 Å². The van der Waals surface area contributed by atoms with Gasteiger partial charge < -0.3 is 10.1 Å². The summed E-state index contributed by atoms with van der Waals surface area (Å²) in [4.78, 5) is 12.4. The summed E-state index contributed by atoms with van der Waals surface area (Å²) in [7, 11) is -2.27. The summed E-state index contributed by atoms with van der Waals surface area (Å²) in [6.45, 7) is 5.97. The van der Waals surface area contributed by atoms with Crippen LogP contribution in [0.5, 0.6) is 5.75 Å². The fourth-order valence-electron chi connectivity index (χ4n) is 2.80. The summed E-state index contributed by atoms with van der Waals surface area (Å²) in [5, 5.41) is 2.64. The largest absolute Gasteiger partial charge is 0.494 e. The fraction of sp³-hybridized carbons (Fsp3) is 0.286. The topological polar surface area (TPSA) is 75.7 Å². The summed E-state index contributed by atoms with van der Waals surface area (Å²) in [6, 6.07) is 9.07. The number of amides is 1. The van der Waals surface area contributed by atoms with Crippen molar-refractivity contribution in [3.63, 3.8) is 0 Å². The van der Waals surface area contributed by atoms with Crippen LogP contribution in [0.2, 0.25) is 0 Å². The minimum absolute atomic E-state index is 0.119. The molecule has 1 amide bonds. The van der Waals surface area contributed by atoms with E-state index in [0.29, 0.717) is 29.9 Å². The predicted octanol–water partition coefficient (Wildman–Crippen LogP) is 3.83. The van der Waals surface area contributed by atoms with E-state index in [1.165, 1.54) is 41.8 Å². The maximum absolute atomic E-state index is 13.7. The fourth-order valence-corrected chi connectivity index (χ4v) is 4.51. The summed E-state index contributed by atoms with van der Waals surface area (Å²) >= 11 is 0. The molecular formula is C21H25FN2O4S. The molecule has 2 aromatic rings. The molecule has 0 atom stereocenters. The second-order valence-corrected chi connectivity index (χ2v) is 8.19. The number of benzene rings is 2. The molecule has 2 rings (SSSR count). The first kappa shape index (κ1) is 22.6. The highest BCUT2D eigenvalue weighted by atomic mass is 32.2. The van der Waals surface area contributed by atoms with Gasteiger partial charge in [-0.15, -0.1) is 0 Å². The second-order valence-electron chi connectivity index (χ2n) is 6.29. The Morgan fingerprint density at radius 2 is 1.86 bits per heavy atom. The number of hydrogen-bond acceptors (Lipinski definition) is 4. The molecule has 6 nitrogen and oxygen atoms in total. The molecule has 0 aliphatic rings. The van der Waals surface area contributed by atoms with Crippen molar-refractivity contribution >= 4 is 27.7 Å². The Morgan fingerprint density at radius 1 is 1.17 bits per heavy atom. The summed E-state index contributed by atoms with van der Waals surface area (Å²) < 4.78 is 45.5. The Morgan fingerprint density at radius 3 is 2.45 bits per heavy atom. The highest BCUT2D eigenvalue weighted by Gasteiger charge is 2.23. The van der Waals surface area contributed by atoms with Crippen molar-refractivity contribution in [3.8, 4) is 5.75 Å². The standard InChI is InChI=1S/C21H25FN2O4S/c1-5-24(6-2)29(26,27)20-14-17(10-7-15(20)3)23-21(25)12-9-16-8-11-19(28-4)18(22)13-16/h7-14H,5-6H2,1-4H3,(H,23,25)/b12-9+. The van der Waals surface area contributed by atoms with E-state index in [-0.39, 0.29) is 10.6 Å². The lowest BCUT2D eigenvalue weighted by Gasteiger charge is -2.20. The predicted molar refractivity (Wildman–Crippen MR) is 112 cm³/mol. The highest BCUT2D eigenvalue weighted by molar-refractivity contribution is 7.89. The zero-order valence-electron chi connectivity index (χ0n) is 16.9. The van der Waals surface area contributed by atoms with Gasteiger partial charge in [0, 0.05) is 24.9 Å². The van der Waals surface area contributed by atoms with Crippen molar-refractivity contribution in [1.29, 1.82) is 0 Å². The van der Waals surface area contributed by atoms with Crippen LogP contribution in [0.15, 0.2) is 47.4 Å². The number of methoxy groups -OCH3 is 1. The summed E-state index contributed by atoms with van der Waals surface area (Å²) in [6.07, 6.45) is 2.71. The third kappa shape index (κ3) is 5.42. The molecule has 156 valence electrons. The number of sulfonamides is 1. The van der Waals surface area contributed by atoms with Crippen LogP contribution in [-0.4, -0.2) is 38.8 Å². The van der Waals surface area contributed by atoms with Crippen LogP contribution >= 0.6 is 0 Å². The lowest BCUT2D eigenvalue weighted by Crippen LogP contribution is -2.31. The third-order valence-corrected chi connectivity index (χ3v) is 6.57. The maximum atomic E-state index is 13.7. The zero-order chi connectivity index (χ0) is 21.6. The average Bonchev–Trinajstić information content (AvgIpc) is 2.68. The Labute approximate surface area is 171 Å². The number of anilines is 1. The molecule has 0 spiro atoms. The van der Waals surface area contributed by atoms with E-state index in [0.717, 1.165) is 0 Å². The Kier molecular flexibility index (Phi) is 7.53. The molecule has 0 radical (unpaired) electrons. The van der Waals surface area contributed by atoms with Crippen LogP contribution in [0.4, 0.5) is 10.1 Å². The number of aryl methyl sites for hydroxylation is 1. The van der Waals surface area contributed by atoms with Gasteiger partial charge in [-0.3, -0.25) is 4.79 Å². The number of rotatable bonds is 8. The number of carbonyl (C=O) groups excluding carboxylic acids is 1. The van der Waals surface area contributed by atoms with Crippen LogP contribution < -0.4 is 10.1 Å². The minimum Gasteiger partial charge on any atom is -0.494 e. The van der Waals surface area contributed by atoms with E-state index in [9.17, 15) is 17.6 Å². The van der Waals surface area contributed by atoms with Gasteiger partial charge in [-0.1, -0.05) is 26.0 Å². The number of nitrogens with zero attached hydrogens (tertiary/aromatic N) is 1. The Hall–Kier alpha value is -2.71. The average molecular weight is 421 g/mol. The van der Waals surface area contributed by atoms with Crippen LogP contribution in [0.3, 0.4) is 0 Å². The van der Waals surface area contributed by atoms with Gasteiger partial charge in [0.05, 0.1) is 12.0 Å². The van der Waals surface area contributed by atoms with Gasteiger partial charge in [0.2, 0.25) is 15.9 Å². The van der Waals surface area contributed by atoms with Crippen molar-refractivity contribution in [2.75, 3.05) is 25.5 Å². The number of nitrogens with one attached hydrogen (secondary N) is 1. The molecule has 0 fully saturated rings. The van der Waals surface area contributed by atoms with Crippen LogP contribution in [0.25, 0.3) is 6.08 Å². The lowest BCUT2D eigenvalue weighted by molar-refractivity contribution is -0.111. The molecule has 0 bridgehead atoms. The Bertz CT molecular complexity index is 1020. The maximum Gasteiger partial charge on any atom is 0.248 e. The van der Waals surface area contributed by atoms with Crippen LogP contribution in [0, 0.1) is 12.7 Å². The molecule has 2 aromatic carbocycles. The lowest BCUT2D eigenvalue weighted by atomic mass is 10.2. The molecule has 0 heterocycles. The molecule has 0 unspecified atom stereocenters. The summed E-state index contributed by atoms with van der Waals surface area (Å²) in [5.41, 5.74) is 1.45. The van der Waals surface area contributed by atoms with Gasteiger partial charge in [0.15, 0.2) is 11.6 Å². The smallest absolute Gasteiger partial charge is 0.248 e. The van der Waals surface area contributed by atoms with Crippen molar-refractivity contribution in [2.45, 2.75) is 25.7 Å². The number of hydrogen-bond donors (Lipinski definition) is 1. The Balaban J connectivity index is 2.20. The van der Waals surface area contributed by atoms with E-state index in [1.54, 1.807) is 39.0 Å². The normalized spacial score (nSPS) is 11.8. The van der Waals surface area contributed by atoms with Crippen molar-refractivity contribution in [2.24, 2.45) is 0 Å². The summed E-state index contributed by atoms with van der Waals surface area (Å²) in [5.74, 6) is -0.871. The molecule has 0 aliphatic carbocycles. The number of ether oxygens (including phenoxy) is 1. The van der Waals surface area contributed by atoms with Crippen molar-refractivity contribution < 1.29 is 22.3 Å². The van der Waals surface area contributed by atoms with E-state index in [4.69, 9.17) is 4.74 Å². The first-order valence-corrected chi connectivity index (χ1v) is 10.6. The van der Waals surface area contributed by atoms with Gasteiger partial charge >= 0.3 is 0 Å². The molecule has 0 aromatic heterocycles. The zero-order valence-corrected chi connectivity index (χ0v) is 17.7. The van der Waals surface area contributed by atoms with Gasteiger partial charge in [0.1, 0.15) is 0 Å². The number of halogens is 1. The first-order chi connectivity index (χ1) is 13.7. The van der Waals surface area contributed by atoms with Gasteiger partial charge in [-0.2, -0.15) is 4.31 Å². The second kappa shape index (κ2) is 9.67. The van der Waals surface area contributed by atoms with E-state index in [2.05, 4.69) is 5.32 Å². The highest BCUT2D eigenvalue weighted by Crippen LogP contribution is 2.24. The molecule has 0 aliphatic heterocycles. The SMILES string of the molecule is CCN(CC)S(=O)(=O)c1cc(NC(=O)/C=C/c2ccc(OC)c(F)c2)ccc1C. The monoisotopic (exact) mass is 420 g/mol. The van der Waals surface area contributed by atoms with Crippen molar-refractivity contribution in [1.82, 2.24) is 4.31 Å². The van der Waals surface area contributed by atoms with E-state index < -0.39 is 21.7 Å². The quantitative estimate of drug-likeness (QED) is 0.659.